The van der Waals surface area contributed by atoms with Gasteiger partial charge in [-0.2, -0.15) is 13.2 Å². The minimum Gasteiger partial charge on any atom is -0.489 e. The Hall–Kier alpha value is -2.41. The van der Waals surface area contributed by atoms with E-state index in [1.807, 2.05) is 24.3 Å². The van der Waals surface area contributed by atoms with Gasteiger partial charge in [-0.3, -0.25) is 0 Å². The number of aromatic nitrogens is 2. The van der Waals surface area contributed by atoms with Crippen LogP contribution < -0.4 is 4.74 Å². The van der Waals surface area contributed by atoms with E-state index >= 15 is 0 Å². The van der Waals surface area contributed by atoms with Gasteiger partial charge in [0.15, 0.2) is 0 Å². The highest BCUT2D eigenvalue weighted by atomic mass is 32.1. The molecule has 2 heterocycles. The van der Waals surface area contributed by atoms with Gasteiger partial charge in [0, 0.05) is 22.2 Å². The molecule has 0 saturated carbocycles. The van der Waals surface area contributed by atoms with Crippen molar-refractivity contribution >= 4 is 21.4 Å². The number of hydrogen-bond donors (Lipinski definition) is 0. The summed E-state index contributed by atoms with van der Waals surface area (Å²) in [5.74, 6) is -0.484. The van der Waals surface area contributed by atoms with Gasteiger partial charge in [0.2, 0.25) is 5.82 Å². The number of hydrogen-bond acceptors (Lipinski definition) is 4. The quantitative estimate of drug-likeness (QED) is 0.574. The lowest BCUT2D eigenvalue weighted by molar-refractivity contribution is -0.145. The molecule has 0 aliphatic rings. The number of alkyl halides is 3. The summed E-state index contributed by atoms with van der Waals surface area (Å²) < 4.78 is 44.6. The Morgan fingerprint density at radius 1 is 1.28 bits per heavy atom. The lowest BCUT2D eigenvalue weighted by atomic mass is 10.1. The number of benzene rings is 1. The SMILES string of the molecule is C=CCc1csc2cc(OCc3cnc(C(F)(F)F)nc3C)ccc12. The van der Waals surface area contributed by atoms with Crippen molar-refractivity contribution in [3.8, 4) is 5.75 Å². The van der Waals surface area contributed by atoms with Gasteiger partial charge in [-0.25, -0.2) is 9.97 Å². The van der Waals surface area contributed by atoms with Gasteiger partial charge in [0.25, 0.3) is 0 Å². The van der Waals surface area contributed by atoms with E-state index in [-0.39, 0.29) is 12.3 Å². The summed E-state index contributed by atoms with van der Waals surface area (Å²) in [6.07, 6.45) is -0.712. The van der Waals surface area contributed by atoms with Gasteiger partial charge >= 0.3 is 6.18 Å². The van der Waals surface area contributed by atoms with Gasteiger partial charge in [0.05, 0.1) is 0 Å². The molecule has 2 aromatic heterocycles. The standard InChI is InChI=1S/C18H15F3N2OS/c1-3-4-12-10-25-16-7-14(5-6-15(12)16)24-9-13-8-22-17(18(19,20)21)23-11(13)2/h3,5-8,10H,1,4,9H2,2H3. The second kappa shape index (κ2) is 6.84. The largest absolute Gasteiger partial charge is 0.489 e. The molecule has 0 radical (unpaired) electrons. The normalized spacial score (nSPS) is 11.7. The van der Waals surface area contributed by atoms with Crippen LogP contribution >= 0.6 is 11.3 Å². The first kappa shape index (κ1) is 17.4. The summed E-state index contributed by atoms with van der Waals surface area (Å²) in [6, 6.07) is 5.75. The molecule has 1 aromatic carbocycles. The molecule has 0 bridgehead atoms. The van der Waals surface area contributed by atoms with E-state index in [1.165, 1.54) is 12.5 Å². The Kier molecular flexibility index (Phi) is 4.76. The number of thiophene rings is 1. The van der Waals surface area contributed by atoms with Crippen LogP contribution in [0.15, 0.2) is 42.4 Å². The highest BCUT2D eigenvalue weighted by Gasteiger charge is 2.34. The van der Waals surface area contributed by atoms with Crippen molar-refractivity contribution in [2.75, 3.05) is 0 Å². The smallest absolute Gasteiger partial charge is 0.451 e. The van der Waals surface area contributed by atoms with E-state index in [2.05, 4.69) is 21.9 Å². The van der Waals surface area contributed by atoms with Crippen molar-refractivity contribution in [1.82, 2.24) is 9.97 Å². The van der Waals surface area contributed by atoms with E-state index in [4.69, 9.17) is 4.74 Å². The Labute approximate surface area is 146 Å². The lowest BCUT2D eigenvalue weighted by Gasteiger charge is -2.10. The van der Waals surface area contributed by atoms with Crippen LogP contribution in [0.4, 0.5) is 13.2 Å². The van der Waals surface area contributed by atoms with Crippen molar-refractivity contribution < 1.29 is 17.9 Å². The van der Waals surface area contributed by atoms with E-state index in [0.717, 1.165) is 22.7 Å². The zero-order valence-electron chi connectivity index (χ0n) is 13.4. The van der Waals surface area contributed by atoms with Gasteiger partial charge in [-0.1, -0.05) is 6.08 Å². The number of rotatable bonds is 5. The molecule has 0 amide bonds. The molecule has 0 spiro atoms. The zero-order valence-corrected chi connectivity index (χ0v) is 14.2. The summed E-state index contributed by atoms with van der Waals surface area (Å²) in [5.41, 5.74) is 1.99. The van der Waals surface area contributed by atoms with Crippen molar-refractivity contribution in [3.63, 3.8) is 0 Å². The number of aryl methyl sites for hydroxylation is 1. The first-order chi connectivity index (χ1) is 11.9. The maximum atomic E-state index is 12.6. The fourth-order valence-corrected chi connectivity index (χ4v) is 3.40. The number of nitrogens with zero attached hydrogens (tertiary/aromatic N) is 2. The first-order valence-corrected chi connectivity index (χ1v) is 8.40. The average molecular weight is 364 g/mol. The molecule has 0 saturated heterocycles. The molecular weight excluding hydrogens is 349 g/mol. The fraction of sp³-hybridized carbons (Fsp3) is 0.222. The Morgan fingerprint density at radius 3 is 2.76 bits per heavy atom. The monoisotopic (exact) mass is 364 g/mol. The molecule has 0 aliphatic carbocycles. The molecule has 25 heavy (non-hydrogen) atoms. The molecule has 0 fully saturated rings. The fourth-order valence-electron chi connectivity index (χ4n) is 2.40. The first-order valence-electron chi connectivity index (χ1n) is 7.52. The zero-order chi connectivity index (χ0) is 18.0. The molecule has 130 valence electrons. The predicted octanol–water partition coefficient (Wildman–Crippen LogP) is 5.33. The van der Waals surface area contributed by atoms with Crippen molar-refractivity contribution in [2.45, 2.75) is 26.1 Å². The minimum absolute atomic E-state index is 0.111. The van der Waals surface area contributed by atoms with E-state index in [9.17, 15) is 13.2 Å². The molecule has 7 heteroatoms. The summed E-state index contributed by atoms with van der Waals surface area (Å²) >= 11 is 1.62. The summed E-state index contributed by atoms with van der Waals surface area (Å²) in [5, 5.41) is 3.25. The molecule has 3 aromatic rings. The number of fused-ring (bicyclic) bond motifs is 1. The van der Waals surface area contributed by atoms with Crippen LogP contribution in [0.3, 0.4) is 0 Å². The van der Waals surface area contributed by atoms with Crippen LogP contribution in [0.1, 0.15) is 22.6 Å². The summed E-state index contributed by atoms with van der Waals surface area (Å²) in [7, 11) is 0. The third-order valence-electron chi connectivity index (χ3n) is 3.72. The third kappa shape index (κ3) is 3.82. The van der Waals surface area contributed by atoms with Gasteiger partial charge in [0.1, 0.15) is 12.4 Å². The summed E-state index contributed by atoms with van der Waals surface area (Å²) in [4.78, 5) is 6.88. The second-order valence-electron chi connectivity index (χ2n) is 5.50. The number of allylic oxidation sites excluding steroid dienone is 1. The minimum atomic E-state index is -4.54. The number of halogens is 3. The molecular formula is C18H15F3N2OS. The Bertz CT molecular complexity index is 918. The topological polar surface area (TPSA) is 35.0 Å². The van der Waals surface area contributed by atoms with Crippen molar-refractivity contribution in [3.05, 3.63) is 65.1 Å². The van der Waals surface area contributed by atoms with Gasteiger partial charge in [-0.15, -0.1) is 17.9 Å². The van der Waals surface area contributed by atoms with Gasteiger partial charge in [-0.05, 0) is 47.9 Å². The predicted molar refractivity (Wildman–Crippen MR) is 91.8 cm³/mol. The van der Waals surface area contributed by atoms with Crippen LogP contribution in [0.5, 0.6) is 5.75 Å². The lowest BCUT2D eigenvalue weighted by Crippen LogP contribution is -2.13. The number of ether oxygens (including phenoxy) is 1. The molecule has 0 atom stereocenters. The van der Waals surface area contributed by atoms with Crippen LogP contribution in [-0.2, 0) is 19.2 Å². The van der Waals surface area contributed by atoms with Crippen LogP contribution in [0.25, 0.3) is 10.1 Å². The van der Waals surface area contributed by atoms with Crippen molar-refractivity contribution in [2.24, 2.45) is 0 Å². The highest BCUT2D eigenvalue weighted by Crippen LogP contribution is 2.31. The second-order valence-corrected chi connectivity index (χ2v) is 6.41. The van der Waals surface area contributed by atoms with Crippen LogP contribution in [-0.4, -0.2) is 9.97 Å². The maximum absolute atomic E-state index is 12.6. The van der Waals surface area contributed by atoms with Crippen molar-refractivity contribution in [1.29, 1.82) is 0 Å². The highest BCUT2D eigenvalue weighted by molar-refractivity contribution is 7.17. The maximum Gasteiger partial charge on any atom is 0.451 e. The van der Waals surface area contributed by atoms with Crippen LogP contribution in [0.2, 0.25) is 0 Å². The van der Waals surface area contributed by atoms with Crippen LogP contribution in [0, 0.1) is 6.92 Å². The average Bonchev–Trinajstić information content (AvgIpc) is 2.95. The Balaban J connectivity index is 1.75. The summed E-state index contributed by atoms with van der Waals surface area (Å²) in [6.45, 7) is 5.38. The van der Waals surface area contributed by atoms with Gasteiger partial charge < -0.3 is 4.74 Å². The molecule has 3 nitrogen and oxygen atoms in total. The molecule has 0 aliphatic heterocycles. The van der Waals surface area contributed by atoms with E-state index in [1.54, 1.807) is 11.3 Å². The van der Waals surface area contributed by atoms with E-state index < -0.39 is 12.0 Å². The van der Waals surface area contributed by atoms with E-state index in [0.29, 0.717) is 11.3 Å². The third-order valence-corrected chi connectivity index (χ3v) is 4.71. The molecule has 3 rings (SSSR count). The molecule has 0 unspecified atom stereocenters. The molecule has 0 N–H and O–H groups in total. The Morgan fingerprint density at radius 2 is 2.08 bits per heavy atom.